The Bertz CT molecular complexity index is 737. The van der Waals surface area contributed by atoms with Crippen LogP contribution in [-0.4, -0.2) is 52.8 Å². The quantitative estimate of drug-likeness (QED) is 0.670. The van der Waals surface area contributed by atoms with Crippen molar-refractivity contribution in [2.75, 3.05) is 24.6 Å². The highest BCUT2D eigenvalue weighted by Gasteiger charge is 2.44. The summed E-state index contributed by atoms with van der Waals surface area (Å²) in [6, 6.07) is 1.16. The first kappa shape index (κ1) is 16.4. The van der Waals surface area contributed by atoms with Crippen molar-refractivity contribution in [3.8, 4) is 0 Å². The fourth-order valence-corrected chi connectivity index (χ4v) is 3.82. The minimum Gasteiger partial charge on any atom is -0.394 e. The number of carbonyl (C=O) groups excluding carboxylic acids is 2. The van der Waals surface area contributed by atoms with Crippen LogP contribution in [0.5, 0.6) is 0 Å². The van der Waals surface area contributed by atoms with Gasteiger partial charge in [0.25, 0.3) is 5.91 Å². The van der Waals surface area contributed by atoms with E-state index in [1.807, 2.05) is 0 Å². The molecule has 1 saturated heterocycles. The summed E-state index contributed by atoms with van der Waals surface area (Å²) in [6.07, 6.45) is 1.56. The molecule has 4 rings (SSSR count). The first-order valence-electron chi connectivity index (χ1n) is 8.59. The molecule has 8 heteroatoms. The van der Waals surface area contributed by atoms with Gasteiger partial charge in [-0.25, -0.2) is 9.37 Å². The Morgan fingerprint density at radius 1 is 1.36 bits per heavy atom. The van der Waals surface area contributed by atoms with Gasteiger partial charge >= 0.3 is 0 Å². The van der Waals surface area contributed by atoms with E-state index in [1.165, 1.54) is 0 Å². The minimum absolute atomic E-state index is 0.111. The number of hydrogen-bond donors (Lipinski definition) is 3. The molecule has 1 aromatic rings. The molecular formula is C17H20FN3O4. The topological polar surface area (TPSA) is 103 Å². The maximum absolute atomic E-state index is 14.6. The number of anilines is 1. The average molecular weight is 349 g/mol. The van der Waals surface area contributed by atoms with Gasteiger partial charge in [-0.05, 0) is 31.2 Å². The van der Waals surface area contributed by atoms with Gasteiger partial charge in [0.2, 0.25) is 5.91 Å². The summed E-state index contributed by atoms with van der Waals surface area (Å²) in [6.45, 7) is 0.536. The SMILES string of the molecule is O=C1NC(=O)C(C2CC2)c2nc(N3CCC(C(O)CO)C3)c(F)cc21. The predicted molar refractivity (Wildman–Crippen MR) is 85.5 cm³/mol. The first-order valence-corrected chi connectivity index (χ1v) is 8.59. The number of fused-ring (bicyclic) bond motifs is 1. The zero-order valence-electron chi connectivity index (χ0n) is 13.6. The van der Waals surface area contributed by atoms with Crippen molar-refractivity contribution in [3.05, 3.63) is 23.1 Å². The van der Waals surface area contributed by atoms with E-state index in [0.717, 1.165) is 18.9 Å². The third-order valence-corrected chi connectivity index (χ3v) is 5.39. The summed E-state index contributed by atoms with van der Waals surface area (Å²) >= 11 is 0. The van der Waals surface area contributed by atoms with Crippen molar-refractivity contribution >= 4 is 17.6 Å². The van der Waals surface area contributed by atoms with Crippen molar-refractivity contribution in [1.29, 1.82) is 0 Å². The maximum atomic E-state index is 14.6. The van der Waals surface area contributed by atoms with Crippen molar-refractivity contribution in [2.24, 2.45) is 11.8 Å². The third-order valence-electron chi connectivity index (χ3n) is 5.39. The molecule has 2 aliphatic heterocycles. The Balaban J connectivity index is 1.69. The van der Waals surface area contributed by atoms with Crippen LogP contribution in [-0.2, 0) is 4.79 Å². The van der Waals surface area contributed by atoms with E-state index in [9.17, 15) is 19.1 Å². The minimum atomic E-state index is -0.850. The molecule has 3 atom stereocenters. The zero-order chi connectivity index (χ0) is 17.7. The Morgan fingerprint density at radius 3 is 2.80 bits per heavy atom. The van der Waals surface area contributed by atoms with E-state index in [-0.39, 0.29) is 35.7 Å². The van der Waals surface area contributed by atoms with Crippen molar-refractivity contribution < 1.29 is 24.2 Å². The number of carbonyl (C=O) groups is 2. The molecule has 3 heterocycles. The molecule has 1 saturated carbocycles. The van der Waals surface area contributed by atoms with Gasteiger partial charge in [0.05, 0.1) is 29.9 Å². The van der Waals surface area contributed by atoms with Gasteiger partial charge in [-0.15, -0.1) is 0 Å². The van der Waals surface area contributed by atoms with Crippen LogP contribution in [0.2, 0.25) is 0 Å². The molecule has 3 aliphatic rings. The van der Waals surface area contributed by atoms with E-state index in [4.69, 9.17) is 5.11 Å². The number of halogens is 1. The second-order valence-electron chi connectivity index (χ2n) is 7.10. The summed E-state index contributed by atoms with van der Waals surface area (Å²) in [4.78, 5) is 30.3. The highest BCUT2D eigenvalue weighted by Crippen LogP contribution is 2.45. The molecule has 1 aliphatic carbocycles. The van der Waals surface area contributed by atoms with E-state index < -0.39 is 23.7 Å². The normalized spacial score (nSPS) is 27.2. The number of nitrogens with zero attached hydrogens (tertiary/aromatic N) is 2. The molecular weight excluding hydrogens is 329 g/mol. The summed E-state index contributed by atoms with van der Waals surface area (Å²) in [5.41, 5.74) is 0.489. The van der Waals surface area contributed by atoms with Crippen molar-refractivity contribution in [1.82, 2.24) is 10.3 Å². The summed E-state index contributed by atoms with van der Waals surface area (Å²) in [5, 5.41) is 21.2. The summed E-state index contributed by atoms with van der Waals surface area (Å²) in [7, 11) is 0. The molecule has 25 heavy (non-hydrogen) atoms. The molecule has 2 amide bonds. The Kier molecular flexibility index (Phi) is 3.96. The van der Waals surface area contributed by atoms with Crippen LogP contribution < -0.4 is 10.2 Å². The van der Waals surface area contributed by atoms with E-state index >= 15 is 0 Å². The smallest absolute Gasteiger partial charge is 0.259 e. The molecule has 0 radical (unpaired) electrons. The molecule has 1 aromatic heterocycles. The largest absolute Gasteiger partial charge is 0.394 e. The molecule has 0 spiro atoms. The lowest BCUT2D eigenvalue weighted by Crippen LogP contribution is -2.42. The number of nitrogens with one attached hydrogen (secondary N) is 1. The van der Waals surface area contributed by atoms with Crippen LogP contribution >= 0.6 is 0 Å². The standard InChI is InChI=1S/C17H20FN3O4/c18-11-5-10-14(13(8-1-2-8)17(25)20-16(10)24)19-15(11)21-4-3-9(6-21)12(23)7-22/h5,8-9,12-13,22-23H,1-4,6-7H2,(H,20,24,25). The maximum Gasteiger partial charge on any atom is 0.259 e. The average Bonchev–Trinajstić information content (AvgIpc) is 3.29. The fraction of sp³-hybridized carbons (Fsp3) is 0.588. The molecule has 3 unspecified atom stereocenters. The molecule has 134 valence electrons. The van der Waals surface area contributed by atoms with Crippen LogP contribution in [0.1, 0.15) is 41.2 Å². The summed E-state index contributed by atoms with van der Waals surface area (Å²) < 4.78 is 14.6. The summed E-state index contributed by atoms with van der Waals surface area (Å²) in [5.74, 6) is -1.98. The van der Waals surface area contributed by atoms with Gasteiger partial charge in [0, 0.05) is 19.0 Å². The molecule has 0 bridgehead atoms. The lowest BCUT2D eigenvalue weighted by molar-refractivity contribution is -0.122. The van der Waals surface area contributed by atoms with Gasteiger partial charge in [0.1, 0.15) is 0 Å². The second kappa shape index (κ2) is 6.03. The Hall–Kier alpha value is -2.06. The van der Waals surface area contributed by atoms with Gasteiger partial charge < -0.3 is 15.1 Å². The van der Waals surface area contributed by atoms with Gasteiger partial charge in [-0.2, -0.15) is 0 Å². The van der Waals surface area contributed by atoms with E-state index in [0.29, 0.717) is 25.2 Å². The Labute approximate surface area is 143 Å². The lowest BCUT2D eigenvalue weighted by Gasteiger charge is -2.26. The van der Waals surface area contributed by atoms with Crippen LogP contribution in [0.4, 0.5) is 10.2 Å². The number of hydrogen-bond acceptors (Lipinski definition) is 6. The van der Waals surface area contributed by atoms with Crippen molar-refractivity contribution in [3.63, 3.8) is 0 Å². The molecule has 3 N–H and O–H groups in total. The number of aromatic nitrogens is 1. The zero-order valence-corrected chi connectivity index (χ0v) is 13.6. The van der Waals surface area contributed by atoms with Gasteiger partial charge in [-0.3, -0.25) is 14.9 Å². The molecule has 0 aromatic carbocycles. The lowest BCUT2D eigenvalue weighted by atomic mass is 9.90. The van der Waals surface area contributed by atoms with Crippen LogP contribution in [0, 0.1) is 17.7 Å². The van der Waals surface area contributed by atoms with Gasteiger partial charge in [-0.1, -0.05) is 0 Å². The van der Waals surface area contributed by atoms with Crippen LogP contribution in [0.15, 0.2) is 6.07 Å². The first-order chi connectivity index (χ1) is 12.0. The Morgan fingerprint density at radius 2 is 2.12 bits per heavy atom. The second-order valence-corrected chi connectivity index (χ2v) is 7.10. The van der Waals surface area contributed by atoms with E-state index in [2.05, 4.69) is 10.3 Å². The van der Waals surface area contributed by atoms with Crippen molar-refractivity contribution in [2.45, 2.75) is 31.3 Å². The van der Waals surface area contributed by atoms with Crippen LogP contribution in [0.25, 0.3) is 0 Å². The van der Waals surface area contributed by atoms with Gasteiger partial charge in [0.15, 0.2) is 11.6 Å². The highest BCUT2D eigenvalue weighted by molar-refractivity contribution is 6.11. The molecule has 7 nitrogen and oxygen atoms in total. The van der Waals surface area contributed by atoms with Crippen LogP contribution in [0.3, 0.4) is 0 Å². The number of amides is 2. The number of rotatable bonds is 4. The monoisotopic (exact) mass is 349 g/mol. The predicted octanol–water partition coefficient (Wildman–Crippen LogP) is 0.164. The number of aliphatic hydroxyl groups excluding tert-OH is 2. The number of aliphatic hydroxyl groups is 2. The fourth-order valence-electron chi connectivity index (χ4n) is 3.82. The van der Waals surface area contributed by atoms with E-state index in [1.54, 1.807) is 4.90 Å². The molecule has 2 fully saturated rings. The highest BCUT2D eigenvalue weighted by atomic mass is 19.1. The third kappa shape index (κ3) is 2.79. The number of imide groups is 1. The number of pyridine rings is 1.